The molecule has 0 radical (unpaired) electrons. The number of aromatic nitrogens is 3. The Morgan fingerprint density at radius 1 is 1.35 bits per heavy atom. The number of hydrogen-bond acceptors (Lipinski definition) is 5. The Morgan fingerprint density at radius 2 is 2.20 bits per heavy atom. The summed E-state index contributed by atoms with van der Waals surface area (Å²) in [4.78, 5) is 23.7. The first-order chi connectivity index (χ1) is 9.66. The van der Waals surface area contributed by atoms with Gasteiger partial charge >= 0.3 is 0 Å². The number of nitrogens with one attached hydrogen (secondary N) is 1. The van der Waals surface area contributed by atoms with Crippen molar-refractivity contribution in [3.8, 4) is 5.88 Å². The van der Waals surface area contributed by atoms with E-state index in [4.69, 9.17) is 16.3 Å². The minimum Gasteiger partial charge on any atom is -0.475 e. The van der Waals surface area contributed by atoms with Crippen molar-refractivity contribution in [2.45, 2.75) is 6.92 Å². The largest absolute Gasteiger partial charge is 0.475 e. The lowest BCUT2D eigenvalue weighted by molar-refractivity contribution is 0.0941. The molecule has 0 saturated heterocycles. The summed E-state index contributed by atoms with van der Waals surface area (Å²) in [6.45, 7) is 2.39. The third-order valence-electron chi connectivity index (χ3n) is 2.36. The first-order valence-corrected chi connectivity index (χ1v) is 6.35. The van der Waals surface area contributed by atoms with Crippen LogP contribution in [0.5, 0.6) is 5.88 Å². The van der Waals surface area contributed by atoms with E-state index in [1.807, 2.05) is 0 Å². The first kappa shape index (κ1) is 14.2. The van der Waals surface area contributed by atoms with Crippen LogP contribution in [0.4, 0.5) is 0 Å². The summed E-state index contributed by atoms with van der Waals surface area (Å²) in [6, 6.07) is 3.40. The van der Waals surface area contributed by atoms with Crippen molar-refractivity contribution in [2.24, 2.45) is 0 Å². The Balaban J connectivity index is 1.77. The fourth-order valence-corrected chi connectivity index (χ4v) is 1.57. The Hall–Kier alpha value is -2.21. The highest BCUT2D eigenvalue weighted by Crippen LogP contribution is 2.19. The van der Waals surface area contributed by atoms with Crippen molar-refractivity contribution >= 4 is 17.5 Å². The van der Waals surface area contributed by atoms with Crippen LogP contribution in [0.15, 0.2) is 30.7 Å². The van der Waals surface area contributed by atoms with Crippen LogP contribution in [-0.4, -0.2) is 34.0 Å². The van der Waals surface area contributed by atoms with Crippen molar-refractivity contribution in [3.63, 3.8) is 0 Å². The van der Waals surface area contributed by atoms with Crippen LogP contribution in [0.3, 0.4) is 0 Å². The Labute approximate surface area is 121 Å². The van der Waals surface area contributed by atoms with E-state index in [1.165, 1.54) is 6.20 Å². The topological polar surface area (TPSA) is 77.0 Å². The van der Waals surface area contributed by atoms with Gasteiger partial charge in [-0.1, -0.05) is 11.6 Å². The van der Waals surface area contributed by atoms with Crippen LogP contribution < -0.4 is 10.1 Å². The zero-order valence-electron chi connectivity index (χ0n) is 10.8. The molecule has 0 bridgehead atoms. The van der Waals surface area contributed by atoms with E-state index in [0.717, 1.165) is 5.69 Å². The molecule has 0 fully saturated rings. The van der Waals surface area contributed by atoms with Crippen LogP contribution in [0.1, 0.15) is 16.2 Å². The molecule has 0 aromatic carbocycles. The molecule has 0 aliphatic rings. The number of carbonyl (C=O) groups excluding carboxylic acids is 1. The van der Waals surface area contributed by atoms with E-state index in [-0.39, 0.29) is 18.2 Å². The van der Waals surface area contributed by atoms with E-state index < -0.39 is 0 Å². The van der Waals surface area contributed by atoms with Gasteiger partial charge in [0.15, 0.2) is 0 Å². The Morgan fingerprint density at radius 3 is 2.90 bits per heavy atom. The zero-order valence-corrected chi connectivity index (χ0v) is 11.6. The summed E-state index contributed by atoms with van der Waals surface area (Å²) < 4.78 is 5.35. The monoisotopic (exact) mass is 292 g/mol. The van der Waals surface area contributed by atoms with Gasteiger partial charge < -0.3 is 10.1 Å². The average Bonchev–Trinajstić information content (AvgIpc) is 2.46. The van der Waals surface area contributed by atoms with Gasteiger partial charge in [0.25, 0.3) is 5.91 Å². The van der Waals surface area contributed by atoms with E-state index in [1.54, 1.807) is 31.5 Å². The van der Waals surface area contributed by atoms with Crippen LogP contribution in [0.25, 0.3) is 0 Å². The fraction of sp³-hybridized carbons (Fsp3) is 0.231. The molecule has 0 spiro atoms. The molecule has 0 atom stereocenters. The average molecular weight is 293 g/mol. The molecule has 0 aliphatic carbocycles. The van der Waals surface area contributed by atoms with Gasteiger partial charge in [-0.3, -0.25) is 9.78 Å². The van der Waals surface area contributed by atoms with E-state index in [2.05, 4.69) is 20.3 Å². The smallest absolute Gasteiger partial charge is 0.271 e. The summed E-state index contributed by atoms with van der Waals surface area (Å²) >= 11 is 5.88. The number of aryl methyl sites for hydroxylation is 1. The molecule has 1 amide bonds. The lowest BCUT2D eigenvalue weighted by atomic mass is 10.4. The number of amides is 1. The third-order valence-corrected chi connectivity index (χ3v) is 2.65. The van der Waals surface area contributed by atoms with Gasteiger partial charge in [-0.25, -0.2) is 9.97 Å². The highest BCUT2D eigenvalue weighted by Gasteiger charge is 2.07. The van der Waals surface area contributed by atoms with Crippen molar-refractivity contribution in [1.29, 1.82) is 0 Å². The van der Waals surface area contributed by atoms with Crippen LogP contribution in [0, 0.1) is 6.92 Å². The van der Waals surface area contributed by atoms with Crippen LogP contribution in [0.2, 0.25) is 5.02 Å². The number of nitrogens with zero attached hydrogens (tertiary/aromatic N) is 3. The van der Waals surface area contributed by atoms with Gasteiger partial charge in [0.05, 0.1) is 18.4 Å². The summed E-state index contributed by atoms with van der Waals surface area (Å²) in [5.41, 5.74) is 1.03. The second-order valence-electron chi connectivity index (χ2n) is 3.94. The second kappa shape index (κ2) is 6.81. The number of halogens is 1. The molecule has 20 heavy (non-hydrogen) atoms. The number of hydrogen-bond donors (Lipinski definition) is 1. The number of rotatable bonds is 5. The van der Waals surface area contributed by atoms with Gasteiger partial charge in [-0.2, -0.15) is 0 Å². The molecular formula is C13H13ClN4O2. The SMILES string of the molecule is Cc1cnc(C(=O)NCCOc2ncccc2Cl)cn1. The van der Waals surface area contributed by atoms with Crippen molar-refractivity contribution < 1.29 is 9.53 Å². The molecule has 0 unspecified atom stereocenters. The Bertz CT molecular complexity index is 589. The van der Waals surface area contributed by atoms with Gasteiger partial charge in [-0.05, 0) is 19.1 Å². The summed E-state index contributed by atoms with van der Waals surface area (Å²) in [5, 5.41) is 3.10. The number of pyridine rings is 1. The lowest BCUT2D eigenvalue weighted by Crippen LogP contribution is -2.29. The van der Waals surface area contributed by atoms with Crippen LogP contribution in [-0.2, 0) is 0 Å². The predicted molar refractivity (Wildman–Crippen MR) is 73.8 cm³/mol. The number of carbonyl (C=O) groups is 1. The molecule has 0 aliphatic heterocycles. The summed E-state index contributed by atoms with van der Waals surface area (Å²) in [7, 11) is 0. The van der Waals surface area contributed by atoms with E-state index >= 15 is 0 Å². The molecular weight excluding hydrogens is 280 g/mol. The van der Waals surface area contributed by atoms with Crippen molar-refractivity contribution in [1.82, 2.24) is 20.3 Å². The number of ether oxygens (including phenoxy) is 1. The maximum Gasteiger partial charge on any atom is 0.271 e. The summed E-state index contributed by atoms with van der Waals surface area (Å²) in [6.07, 6.45) is 4.56. The van der Waals surface area contributed by atoms with Gasteiger partial charge in [-0.15, -0.1) is 0 Å². The maximum atomic E-state index is 11.7. The molecule has 2 heterocycles. The third kappa shape index (κ3) is 3.89. The molecule has 1 N–H and O–H groups in total. The molecule has 2 aromatic rings. The molecule has 6 nitrogen and oxygen atoms in total. The van der Waals surface area contributed by atoms with Crippen molar-refractivity contribution in [3.05, 3.63) is 47.1 Å². The minimum atomic E-state index is -0.298. The highest BCUT2D eigenvalue weighted by atomic mass is 35.5. The molecule has 0 saturated carbocycles. The van der Waals surface area contributed by atoms with Gasteiger partial charge in [0, 0.05) is 12.4 Å². The first-order valence-electron chi connectivity index (χ1n) is 5.97. The maximum absolute atomic E-state index is 11.7. The lowest BCUT2D eigenvalue weighted by Gasteiger charge is -2.07. The van der Waals surface area contributed by atoms with E-state index in [9.17, 15) is 4.79 Å². The second-order valence-corrected chi connectivity index (χ2v) is 4.34. The molecule has 7 heteroatoms. The zero-order chi connectivity index (χ0) is 14.4. The molecule has 2 rings (SSSR count). The standard InChI is InChI=1S/C13H13ClN4O2/c1-9-7-18-11(8-17-9)12(19)15-5-6-20-13-10(14)3-2-4-16-13/h2-4,7-8H,5-6H2,1H3,(H,15,19). The van der Waals surface area contributed by atoms with Gasteiger partial charge in [0.1, 0.15) is 17.3 Å². The van der Waals surface area contributed by atoms with Gasteiger partial charge in [0.2, 0.25) is 5.88 Å². The molecule has 104 valence electrons. The minimum absolute atomic E-state index is 0.266. The highest BCUT2D eigenvalue weighted by molar-refractivity contribution is 6.31. The van der Waals surface area contributed by atoms with Crippen molar-refractivity contribution in [2.75, 3.05) is 13.2 Å². The predicted octanol–water partition coefficient (Wildman–Crippen LogP) is 1.64. The normalized spacial score (nSPS) is 10.1. The quantitative estimate of drug-likeness (QED) is 0.848. The summed E-state index contributed by atoms with van der Waals surface area (Å²) in [5.74, 6) is 0.0479. The van der Waals surface area contributed by atoms with Crippen LogP contribution >= 0.6 is 11.6 Å². The van der Waals surface area contributed by atoms with E-state index in [0.29, 0.717) is 17.4 Å². The molecule has 2 aromatic heterocycles. The Kier molecular flexibility index (Phi) is 4.84. The fourth-order valence-electron chi connectivity index (χ4n) is 1.39.